The summed E-state index contributed by atoms with van der Waals surface area (Å²) in [6.45, 7) is 3.46. The number of hydrogen-bond acceptors (Lipinski definition) is 6. The highest BCUT2D eigenvalue weighted by atomic mass is 16.2. The lowest BCUT2D eigenvalue weighted by molar-refractivity contribution is -0.137. The summed E-state index contributed by atoms with van der Waals surface area (Å²) in [7, 11) is 1.54. The number of benzene rings is 1. The molecule has 0 radical (unpaired) electrons. The lowest BCUT2D eigenvalue weighted by atomic mass is 10.0. The monoisotopic (exact) mass is 350 g/mol. The van der Waals surface area contributed by atoms with Gasteiger partial charge in [-0.1, -0.05) is 37.3 Å². The second-order valence-electron chi connectivity index (χ2n) is 5.89. The molecule has 0 spiro atoms. The molecule has 0 atom stereocenters. The topological polar surface area (TPSA) is 83.5 Å². The molecule has 1 aliphatic heterocycles. The van der Waals surface area contributed by atoms with Gasteiger partial charge in [-0.15, -0.1) is 0 Å². The van der Waals surface area contributed by atoms with E-state index >= 15 is 0 Å². The first-order valence-corrected chi connectivity index (χ1v) is 8.20. The van der Waals surface area contributed by atoms with E-state index < -0.39 is 11.8 Å². The molecule has 1 aliphatic rings. The molecule has 2 amide bonds. The first-order chi connectivity index (χ1) is 12.4. The number of aromatic nitrogens is 2. The quantitative estimate of drug-likeness (QED) is 0.605. The van der Waals surface area contributed by atoms with E-state index in [0.717, 1.165) is 5.01 Å². The van der Waals surface area contributed by atoms with Crippen LogP contribution in [0.25, 0.3) is 0 Å². The lowest BCUT2D eigenvalue weighted by Gasteiger charge is -2.26. The molecule has 132 valence electrons. The van der Waals surface area contributed by atoms with E-state index in [0.29, 0.717) is 28.8 Å². The predicted molar refractivity (Wildman–Crippen MR) is 95.3 cm³/mol. The maximum atomic E-state index is 12.7. The average Bonchev–Trinajstić information content (AvgIpc) is 2.92. The van der Waals surface area contributed by atoms with Crippen molar-refractivity contribution < 1.29 is 14.4 Å². The Morgan fingerprint density at radius 1 is 1.19 bits per heavy atom. The lowest BCUT2D eigenvalue weighted by Crippen LogP contribution is -2.45. The van der Waals surface area contributed by atoms with Gasteiger partial charge in [0.05, 0.1) is 11.3 Å². The average molecular weight is 350 g/mol. The molecule has 0 unspecified atom stereocenters. The second-order valence-corrected chi connectivity index (χ2v) is 5.89. The Bertz CT molecular complexity index is 922. The minimum absolute atomic E-state index is 0.164. The molecule has 0 N–H and O–H groups in total. The number of amides is 2. The third-order valence-electron chi connectivity index (χ3n) is 4.14. The smallest absolute Gasteiger partial charge is 0.275 e. The van der Waals surface area contributed by atoms with Crippen molar-refractivity contribution >= 4 is 23.5 Å². The number of aryl methyl sites for hydroxylation is 1. The van der Waals surface area contributed by atoms with Gasteiger partial charge in [0.2, 0.25) is 5.95 Å². The highest BCUT2D eigenvalue weighted by Gasteiger charge is 2.33. The molecule has 2 heterocycles. The molecule has 1 aromatic carbocycles. The van der Waals surface area contributed by atoms with Gasteiger partial charge in [-0.05, 0) is 13.3 Å². The predicted octanol–water partition coefficient (Wildman–Crippen LogP) is 1.94. The van der Waals surface area contributed by atoms with Gasteiger partial charge in [-0.2, -0.15) is 5.01 Å². The first-order valence-electron chi connectivity index (χ1n) is 8.20. The Morgan fingerprint density at radius 3 is 2.46 bits per heavy atom. The van der Waals surface area contributed by atoms with Crippen LogP contribution in [0.3, 0.4) is 0 Å². The SMILES string of the molecule is CCc1nc(N(C)N2C(=O)C=C(C)C2=O)ncc1C(=O)c1ccccc1. The molecular formula is C19H18N4O3. The Morgan fingerprint density at radius 2 is 1.88 bits per heavy atom. The van der Waals surface area contributed by atoms with Crippen molar-refractivity contribution in [1.29, 1.82) is 0 Å². The van der Waals surface area contributed by atoms with Crippen molar-refractivity contribution in [2.75, 3.05) is 12.1 Å². The van der Waals surface area contributed by atoms with Crippen molar-refractivity contribution in [3.8, 4) is 0 Å². The molecule has 7 nitrogen and oxygen atoms in total. The minimum Gasteiger partial charge on any atom is -0.288 e. The van der Waals surface area contributed by atoms with Crippen molar-refractivity contribution in [2.45, 2.75) is 20.3 Å². The van der Waals surface area contributed by atoms with Crippen LogP contribution in [0.5, 0.6) is 0 Å². The zero-order valence-corrected chi connectivity index (χ0v) is 14.8. The van der Waals surface area contributed by atoms with Crippen molar-refractivity contribution in [1.82, 2.24) is 15.0 Å². The van der Waals surface area contributed by atoms with Gasteiger partial charge < -0.3 is 0 Å². The number of anilines is 1. The Labute approximate surface area is 150 Å². The number of hydrazine groups is 1. The van der Waals surface area contributed by atoms with Crippen LogP contribution in [0.1, 0.15) is 35.5 Å². The van der Waals surface area contributed by atoms with Crippen LogP contribution in [0, 0.1) is 0 Å². The van der Waals surface area contributed by atoms with Gasteiger partial charge in [-0.3, -0.25) is 14.4 Å². The van der Waals surface area contributed by atoms with E-state index in [9.17, 15) is 14.4 Å². The Balaban J connectivity index is 1.93. The van der Waals surface area contributed by atoms with Crippen molar-refractivity contribution in [3.63, 3.8) is 0 Å². The van der Waals surface area contributed by atoms with Gasteiger partial charge in [0, 0.05) is 30.5 Å². The maximum absolute atomic E-state index is 12.7. The molecule has 0 saturated carbocycles. The fourth-order valence-electron chi connectivity index (χ4n) is 2.72. The van der Waals surface area contributed by atoms with E-state index in [1.807, 2.05) is 13.0 Å². The molecule has 3 rings (SSSR count). The summed E-state index contributed by atoms with van der Waals surface area (Å²) in [4.78, 5) is 45.4. The summed E-state index contributed by atoms with van der Waals surface area (Å²) in [5, 5.41) is 2.27. The molecule has 0 bridgehead atoms. The number of carbonyl (C=O) groups excluding carboxylic acids is 3. The van der Waals surface area contributed by atoms with Gasteiger partial charge in [-0.25, -0.2) is 15.0 Å². The molecule has 26 heavy (non-hydrogen) atoms. The number of imide groups is 1. The maximum Gasteiger partial charge on any atom is 0.275 e. The zero-order valence-electron chi connectivity index (χ0n) is 14.8. The fraction of sp³-hybridized carbons (Fsp3) is 0.211. The molecule has 0 saturated heterocycles. The minimum atomic E-state index is -0.443. The summed E-state index contributed by atoms with van der Waals surface area (Å²) in [6.07, 6.45) is 3.22. The van der Waals surface area contributed by atoms with E-state index in [-0.39, 0.29) is 11.7 Å². The summed E-state index contributed by atoms with van der Waals surface area (Å²) < 4.78 is 0. The van der Waals surface area contributed by atoms with E-state index in [1.165, 1.54) is 24.3 Å². The summed E-state index contributed by atoms with van der Waals surface area (Å²) in [5.41, 5.74) is 1.87. The van der Waals surface area contributed by atoms with Crippen LogP contribution in [-0.2, 0) is 16.0 Å². The van der Waals surface area contributed by atoms with Crippen LogP contribution >= 0.6 is 0 Å². The third-order valence-corrected chi connectivity index (χ3v) is 4.14. The van der Waals surface area contributed by atoms with Gasteiger partial charge in [0.25, 0.3) is 11.8 Å². The van der Waals surface area contributed by atoms with Crippen LogP contribution in [0.2, 0.25) is 0 Å². The number of hydrogen-bond donors (Lipinski definition) is 0. The van der Waals surface area contributed by atoms with Crippen LogP contribution in [-0.4, -0.2) is 39.6 Å². The Kier molecular flexibility index (Phi) is 4.62. The molecular weight excluding hydrogens is 332 g/mol. The summed E-state index contributed by atoms with van der Waals surface area (Å²) >= 11 is 0. The third kappa shape index (κ3) is 2.99. The highest BCUT2D eigenvalue weighted by molar-refractivity contribution is 6.16. The number of ketones is 1. The summed E-state index contributed by atoms with van der Waals surface area (Å²) in [5.74, 6) is -0.844. The molecule has 0 fully saturated rings. The molecule has 0 aliphatic carbocycles. The first kappa shape index (κ1) is 17.5. The summed E-state index contributed by atoms with van der Waals surface area (Å²) in [6, 6.07) is 8.89. The van der Waals surface area contributed by atoms with E-state index in [4.69, 9.17) is 0 Å². The number of rotatable bonds is 5. The molecule has 1 aromatic heterocycles. The molecule has 2 aromatic rings. The number of nitrogens with zero attached hydrogens (tertiary/aromatic N) is 4. The standard InChI is InChI=1S/C19H18N4O3/c1-4-15-14(17(25)13-8-6-5-7-9-13)11-20-19(21-15)22(3)23-16(24)10-12(2)18(23)26/h5-11H,4H2,1-3H3. The van der Waals surface area contributed by atoms with Gasteiger partial charge in [0.1, 0.15) is 0 Å². The largest absolute Gasteiger partial charge is 0.288 e. The van der Waals surface area contributed by atoms with E-state index in [2.05, 4.69) is 9.97 Å². The van der Waals surface area contributed by atoms with Crippen molar-refractivity contribution in [3.05, 3.63) is 65.0 Å². The fourth-order valence-corrected chi connectivity index (χ4v) is 2.72. The Hall–Kier alpha value is -3.35. The van der Waals surface area contributed by atoms with Crippen LogP contribution in [0.15, 0.2) is 48.2 Å². The molecule has 7 heteroatoms. The van der Waals surface area contributed by atoms with Gasteiger partial charge >= 0.3 is 0 Å². The zero-order chi connectivity index (χ0) is 18.8. The second kappa shape index (κ2) is 6.87. The highest BCUT2D eigenvalue weighted by Crippen LogP contribution is 2.20. The van der Waals surface area contributed by atoms with Crippen LogP contribution < -0.4 is 5.01 Å². The van der Waals surface area contributed by atoms with Gasteiger partial charge in [0.15, 0.2) is 5.78 Å². The van der Waals surface area contributed by atoms with Crippen molar-refractivity contribution in [2.24, 2.45) is 0 Å². The normalized spacial score (nSPS) is 13.8. The van der Waals surface area contributed by atoms with E-state index in [1.54, 1.807) is 31.2 Å². The van der Waals surface area contributed by atoms with Crippen LogP contribution in [0.4, 0.5) is 5.95 Å². The number of carbonyl (C=O) groups is 3.